The number of fused-ring (bicyclic) bond motifs is 3. The molecule has 2 fully saturated rings. The predicted molar refractivity (Wildman–Crippen MR) is 142 cm³/mol. The molecule has 2 aromatic heterocycles. The first-order chi connectivity index (χ1) is 17.6. The highest BCUT2D eigenvalue weighted by atomic mass is 16.2. The molecular weight excluding hydrogens is 448 g/mol. The Morgan fingerprint density at radius 1 is 1.00 bits per heavy atom. The van der Waals surface area contributed by atoms with Crippen LogP contribution in [0.1, 0.15) is 41.6 Å². The molecule has 1 saturated heterocycles. The van der Waals surface area contributed by atoms with Gasteiger partial charge in [-0.25, -0.2) is 0 Å². The van der Waals surface area contributed by atoms with Gasteiger partial charge >= 0.3 is 0 Å². The Labute approximate surface area is 211 Å². The number of amides is 2. The second-order valence-corrected chi connectivity index (χ2v) is 10.5. The van der Waals surface area contributed by atoms with Crippen LogP contribution in [-0.2, 0) is 18.3 Å². The first kappa shape index (κ1) is 22.8. The van der Waals surface area contributed by atoms with Crippen LogP contribution in [0.5, 0.6) is 0 Å². The summed E-state index contributed by atoms with van der Waals surface area (Å²) < 4.78 is 2.18. The van der Waals surface area contributed by atoms with Crippen LogP contribution in [0.3, 0.4) is 0 Å². The van der Waals surface area contributed by atoms with Crippen molar-refractivity contribution in [2.24, 2.45) is 18.4 Å². The van der Waals surface area contributed by atoms with Gasteiger partial charge in [0, 0.05) is 72.4 Å². The molecule has 1 aliphatic heterocycles. The summed E-state index contributed by atoms with van der Waals surface area (Å²) in [6.45, 7) is 2.14. The Bertz CT molecular complexity index is 1430. The number of para-hydroxylation sites is 1. The number of hydrogen-bond donors (Lipinski definition) is 1. The third-order valence-electron chi connectivity index (χ3n) is 8.40. The Balaban J connectivity index is 1.04. The lowest BCUT2D eigenvalue weighted by Gasteiger charge is -2.33. The van der Waals surface area contributed by atoms with E-state index in [1.165, 1.54) is 16.5 Å². The van der Waals surface area contributed by atoms with Gasteiger partial charge in [-0.15, -0.1) is 0 Å². The molecule has 0 radical (unpaired) electrons. The van der Waals surface area contributed by atoms with E-state index < -0.39 is 0 Å². The third-order valence-corrected chi connectivity index (χ3v) is 8.40. The van der Waals surface area contributed by atoms with Crippen LogP contribution in [0.2, 0.25) is 0 Å². The van der Waals surface area contributed by atoms with E-state index in [1.807, 2.05) is 41.3 Å². The molecule has 4 aromatic rings. The SMILES string of the molecule is Cn1c2ccccc2c2cc(C(=O)N3CCC4(CC3)C[C@H]4C(=O)NCCCc3ccncc3)ccc21. The van der Waals surface area contributed by atoms with Crippen LogP contribution >= 0.6 is 0 Å². The van der Waals surface area contributed by atoms with E-state index in [4.69, 9.17) is 0 Å². The number of aromatic nitrogens is 2. The summed E-state index contributed by atoms with van der Waals surface area (Å²) in [7, 11) is 2.07. The molecule has 1 atom stereocenters. The van der Waals surface area contributed by atoms with Crippen molar-refractivity contribution in [2.75, 3.05) is 19.6 Å². The number of rotatable bonds is 6. The minimum Gasteiger partial charge on any atom is -0.356 e. The molecule has 1 aliphatic carbocycles. The lowest BCUT2D eigenvalue weighted by atomic mass is 9.90. The number of benzene rings is 2. The summed E-state index contributed by atoms with van der Waals surface area (Å²) in [5.41, 5.74) is 4.39. The largest absolute Gasteiger partial charge is 0.356 e. The zero-order valence-electron chi connectivity index (χ0n) is 20.7. The average Bonchev–Trinajstić information content (AvgIpc) is 3.55. The summed E-state index contributed by atoms with van der Waals surface area (Å²) in [5, 5.41) is 5.44. The standard InChI is InChI=1S/C30H32N4O2/c1-33-26-7-3-2-6-23(26)24-19-22(8-9-27(24)33)29(36)34-17-12-30(13-18-34)20-25(30)28(35)32-14-4-5-21-10-15-31-16-11-21/h2-3,6-11,15-16,19,25H,4-5,12-14,17-18,20H2,1H3,(H,32,35)/t25-/m0/s1. The molecule has 6 heteroatoms. The highest BCUT2D eigenvalue weighted by molar-refractivity contribution is 6.10. The Kier molecular flexibility index (Phi) is 5.75. The molecule has 3 heterocycles. The number of aryl methyl sites for hydroxylation is 2. The highest BCUT2D eigenvalue weighted by Gasteiger charge is 2.58. The number of nitrogens with zero attached hydrogens (tertiary/aromatic N) is 3. The molecule has 1 saturated carbocycles. The van der Waals surface area contributed by atoms with E-state index >= 15 is 0 Å². The molecule has 36 heavy (non-hydrogen) atoms. The Hall–Kier alpha value is -3.67. The van der Waals surface area contributed by atoms with E-state index in [0.29, 0.717) is 6.54 Å². The van der Waals surface area contributed by atoms with E-state index in [1.54, 1.807) is 12.4 Å². The molecule has 6 rings (SSSR count). The van der Waals surface area contributed by atoms with Gasteiger partial charge in [-0.3, -0.25) is 14.6 Å². The van der Waals surface area contributed by atoms with Crippen molar-refractivity contribution in [1.82, 2.24) is 19.8 Å². The zero-order valence-corrected chi connectivity index (χ0v) is 20.7. The first-order valence-corrected chi connectivity index (χ1v) is 13.0. The number of nitrogens with one attached hydrogen (secondary N) is 1. The summed E-state index contributed by atoms with van der Waals surface area (Å²) in [6.07, 6.45) is 8.25. The molecule has 0 unspecified atom stereocenters. The van der Waals surface area contributed by atoms with Crippen LogP contribution in [-0.4, -0.2) is 45.9 Å². The first-order valence-electron chi connectivity index (χ1n) is 13.0. The van der Waals surface area contributed by atoms with Gasteiger partial charge in [-0.1, -0.05) is 18.2 Å². The predicted octanol–water partition coefficient (Wildman–Crippen LogP) is 4.72. The number of likely N-dealkylation sites (tertiary alicyclic amines) is 1. The fourth-order valence-electron chi connectivity index (χ4n) is 6.09. The molecule has 0 bridgehead atoms. The molecular formula is C30H32N4O2. The average molecular weight is 481 g/mol. The second kappa shape index (κ2) is 9.08. The molecule has 184 valence electrons. The monoisotopic (exact) mass is 480 g/mol. The minimum absolute atomic E-state index is 0.0888. The van der Waals surface area contributed by atoms with Crippen LogP contribution in [0, 0.1) is 11.3 Å². The van der Waals surface area contributed by atoms with Crippen molar-refractivity contribution in [1.29, 1.82) is 0 Å². The van der Waals surface area contributed by atoms with Crippen molar-refractivity contribution in [3.05, 3.63) is 78.1 Å². The molecule has 2 aromatic carbocycles. The summed E-state index contributed by atoms with van der Waals surface area (Å²) in [4.78, 5) is 32.1. The number of hydrogen-bond acceptors (Lipinski definition) is 3. The molecule has 1 spiro atoms. The summed E-state index contributed by atoms with van der Waals surface area (Å²) in [5.74, 6) is 0.381. The van der Waals surface area contributed by atoms with Crippen LogP contribution in [0.25, 0.3) is 21.8 Å². The molecule has 2 amide bonds. The fourth-order valence-corrected chi connectivity index (χ4v) is 6.09. The summed E-state index contributed by atoms with van der Waals surface area (Å²) in [6, 6.07) is 18.4. The van der Waals surface area contributed by atoms with Crippen LogP contribution < -0.4 is 5.32 Å². The van der Waals surface area contributed by atoms with Crippen molar-refractivity contribution in [3.8, 4) is 0 Å². The number of piperidine rings is 1. The highest BCUT2D eigenvalue weighted by Crippen LogP contribution is 2.59. The Morgan fingerprint density at radius 2 is 1.75 bits per heavy atom. The maximum absolute atomic E-state index is 13.4. The van der Waals surface area contributed by atoms with Crippen molar-refractivity contribution in [2.45, 2.75) is 32.1 Å². The van der Waals surface area contributed by atoms with E-state index in [0.717, 1.165) is 61.7 Å². The quantitative estimate of drug-likeness (QED) is 0.406. The zero-order chi connectivity index (χ0) is 24.7. The van der Waals surface area contributed by atoms with Gasteiger partial charge in [0.2, 0.25) is 5.91 Å². The van der Waals surface area contributed by atoms with Gasteiger partial charge in [0.25, 0.3) is 5.91 Å². The maximum atomic E-state index is 13.4. The number of carbonyl (C=O) groups is 2. The van der Waals surface area contributed by atoms with Gasteiger partial charge in [-0.05, 0) is 79.5 Å². The van der Waals surface area contributed by atoms with Crippen molar-refractivity contribution in [3.63, 3.8) is 0 Å². The Morgan fingerprint density at radius 3 is 2.56 bits per heavy atom. The van der Waals surface area contributed by atoms with Crippen LogP contribution in [0.4, 0.5) is 0 Å². The van der Waals surface area contributed by atoms with Crippen molar-refractivity contribution < 1.29 is 9.59 Å². The van der Waals surface area contributed by atoms with Gasteiger partial charge in [0.05, 0.1) is 0 Å². The minimum atomic E-state index is 0.0888. The number of pyridine rings is 1. The van der Waals surface area contributed by atoms with Gasteiger partial charge in [0.1, 0.15) is 0 Å². The van der Waals surface area contributed by atoms with Gasteiger partial charge in [-0.2, -0.15) is 0 Å². The van der Waals surface area contributed by atoms with Gasteiger partial charge in [0.15, 0.2) is 0 Å². The molecule has 2 aliphatic rings. The van der Waals surface area contributed by atoms with Crippen molar-refractivity contribution >= 4 is 33.6 Å². The maximum Gasteiger partial charge on any atom is 0.253 e. The summed E-state index contributed by atoms with van der Waals surface area (Å²) >= 11 is 0. The van der Waals surface area contributed by atoms with E-state index in [-0.39, 0.29) is 23.1 Å². The lowest BCUT2D eigenvalue weighted by Crippen LogP contribution is -2.40. The second-order valence-electron chi connectivity index (χ2n) is 10.5. The molecule has 6 nitrogen and oxygen atoms in total. The lowest BCUT2D eigenvalue weighted by molar-refractivity contribution is -0.123. The molecule has 1 N–H and O–H groups in total. The topological polar surface area (TPSA) is 67.2 Å². The van der Waals surface area contributed by atoms with E-state index in [9.17, 15) is 9.59 Å². The smallest absolute Gasteiger partial charge is 0.253 e. The third kappa shape index (κ3) is 4.04. The van der Waals surface area contributed by atoms with Gasteiger partial charge < -0.3 is 14.8 Å². The fraction of sp³-hybridized carbons (Fsp3) is 0.367. The van der Waals surface area contributed by atoms with E-state index in [2.05, 4.69) is 40.1 Å². The number of carbonyl (C=O) groups excluding carboxylic acids is 2. The van der Waals surface area contributed by atoms with Crippen LogP contribution in [0.15, 0.2) is 67.0 Å². The normalized spacial score (nSPS) is 18.6.